The van der Waals surface area contributed by atoms with Gasteiger partial charge in [-0.05, 0) is 54.8 Å². The molecule has 0 unspecified atom stereocenters. The maximum atomic E-state index is 5.73. The fraction of sp³-hybridized carbons (Fsp3) is 0.333. The topological polar surface area (TPSA) is 29.3 Å². The van der Waals surface area contributed by atoms with E-state index in [-0.39, 0.29) is 0 Å². The first kappa shape index (κ1) is 14.6. The van der Waals surface area contributed by atoms with Crippen LogP contribution in [0.4, 0.5) is 5.69 Å². The highest BCUT2D eigenvalue weighted by Gasteiger charge is 2.06. The maximum Gasteiger partial charge on any atom is 0.0314 e. The molecule has 0 bridgehead atoms. The summed E-state index contributed by atoms with van der Waals surface area (Å²) in [6.45, 7) is 9.53. The molecule has 2 rings (SSSR count). The van der Waals surface area contributed by atoms with E-state index in [4.69, 9.17) is 5.73 Å². The molecule has 0 aromatic heterocycles. The molecule has 0 aliphatic heterocycles. The summed E-state index contributed by atoms with van der Waals surface area (Å²) in [4.78, 5) is 2.44. The lowest BCUT2D eigenvalue weighted by molar-refractivity contribution is 0.271. The van der Waals surface area contributed by atoms with Crippen LogP contribution in [0.2, 0.25) is 0 Å². The summed E-state index contributed by atoms with van der Waals surface area (Å²) in [5.74, 6) is 0. The van der Waals surface area contributed by atoms with Crippen molar-refractivity contribution in [2.24, 2.45) is 0 Å². The summed E-state index contributed by atoms with van der Waals surface area (Å²) in [6, 6.07) is 14.9. The smallest absolute Gasteiger partial charge is 0.0314 e. The molecule has 20 heavy (non-hydrogen) atoms. The largest absolute Gasteiger partial charge is 0.399 e. The van der Waals surface area contributed by atoms with Crippen LogP contribution in [-0.2, 0) is 13.1 Å². The summed E-state index contributed by atoms with van der Waals surface area (Å²) < 4.78 is 0. The summed E-state index contributed by atoms with van der Waals surface area (Å²) in [6.07, 6.45) is 0. The number of aryl methyl sites for hydroxylation is 2. The van der Waals surface area contributed by atoms with E-state index in [1.807, 2.05) is 12.1 Å². The molecule has 0 spiro atoms. The number of nitrogen functional groups attached to an aromatic ring is 1. The molecule has 2 nitrogen and oxygen atoms in total. The molecular weight excluding hydrogens is 244 g/mol. The summed E-state index contributed by atoms with van der Waals surface area (Å²) in [5.41, 5.74) is 12.0. The highest BCUT2D eigenvalue weighted by molar-refractivity contribution is 5.39. The Bertz CT molecular complexity index is 558. The van der Waals surface area contributed by atoms with Crippen molar-refractivity contribution in [3.05, 3.63) is 64.7 Å². The second kappa shape index (κ2) is 6.58. The van der Waals surface area contributed by atoms with E-state index in [1.54, 1.807) is 0 Å². The van der Waals surface area contributed by atoms with Crippen LogP contribution in [0.25, 0.3) is 0 Å². The van der Waals surface area contributed by atoms with Crippen molar-refractivity contribution in [2.45, 2.75) is 33.9 Å². The molecule has 2 N–H and O–H groups in total. The molecule has 0 radical (unpaired) electrons. The van der Waals surface area contributed by atoms with E-state index in [0.717, 1.165) is 25.3 Å². The average molecular weight is 268 g/mol. The number of hydrogen-bond donors (Lipinski definition) is 1. The van der Waals surface area contributed by atoms with E-state index < -0.39 is 0 Å². The molecule has 0 saturated carbocycles. The van der Waals surface area contributed by atoms with Gasteiger partial charge in [0.15, 0.2) is 0 Å². The molecule has 0 atom stereocenters. The van der Waals surface area contributed by atoms with Crippen LogP contribution in [0.1, 0.15) is 29.2 Å². The average Bonchev–Trinajstić information content (AvgIpc) is 2.44. The van der Waals surface area contributed by atoms with Gasteiger partial charge in [-0.15, -0.1) is 0 Å². The Kier molecular flexibility index (Phi) is 4.80. The van der Waals surface area contributed by atoms with Gasteiger partial charge in [0.1, 0.15) is 0 Å². The fourth-order valence-electron chi connectivity index (χ4n) is 2.32. The molecule has 106 valence electrons. The standard InChI is InChI=1S/C18H24N2/c1-4-20(12-16-7-9-18(19)10-8-16)13-17-6-5-14(2)15(3)11-17/h5-11H,4,12-13,19H2,1-3H3. The summed E-state index contributed by atoms with van der Waals surface area (Å²) >= 11 is 0. The molecule has 2 heteroatoms. The third kappa shape index (κ3) is 3.84. The van der Waals surface area contributed by atoms with Crippen LogP contribution >= 0.6 is 0 Å². The van der Waals surface area contributed by atoms with Crippen molar-refractivity contribution in [2.75, 3.05) is 12.3 Å². The summed E-state index contributed by atoms with van der Waals surface area (Å²) in [7, 11) is 0. The zero-order valence-corrected chi connectivity index (χ0v) is 12.7. The number of nitrogens with zero attached hydrogens (tertiary/aromatic N) is 1. The Hall–Kier alpha value is -1.80. The van der Waals surface area contributed by atoms with Gasteiger partial charge in [-0.3, -0.25) is 4.90 Å². The SMILES string of the molecule is CCN(Cc1ccc(N)cc1)Cc1ccc(C)c(C)c1. The lowest BCUT2D eigenvalue weighted by Gasteiger charge is -2.21. The van der Waals surface area contributed by atoms with Crippen LogP contribution < -0.4 is 5.73 Å². The maximum absolute atomic E-state index is 5.73. The van der Waals surface area contributed by atoms with E-state index >= 15 is 0 Å². The first-order valence-corrected chi connectivity index (χ1v) is 7.21. The van der Waals surface area contributed by atoms with Gasteiger partial charge in [0.2, 0.25) is 0 Å². The van der Waals surface area contributed by atoms with Crippen LogP contribution in [0.5, 0.6) is 0 Å². The zero-order chi connectivity index (χ0) is 14.5. The summed E-state index contributed by atoms with van der Waals surface area (Å²) in [5, 5.41) is 0. The third-order valence-corrected chi connectivity index (χ3v) is 3.81. The quantitative estimate of drug-likeness (QED) is 0.833. The van der Waals surface area contributed by atoms with Gasteiger partial charge in [-0.2, -0.15) is 0 Å². The van der Waals surface area contributed by atoms with Crippen LogP contribution in [0, 0.1) is 13.8 Å². The van der Waals surface area contributed by atoms with Crippen molar-refractivity contribution < 1.29 is 0 Å². The minimum absolute atomic E-state index is 0.825. The van der Waals surface area contributed by atoms with Crippen LogP contribution in [0.3, 0.4) is 0 Å². The third-order valence-electron chi connectivity index (χ3n) is 3.81. The van der Waals surface area contributed by atoms with Crippen molar-refractivity contribution in [3.63, 3.8) is 0 Å². The lowest BCUT2D eigenvalue weighted by atomic mass is 10.1. The molecule has 0 aliphatic rings. The highest BCUT2D eigenvalue weighted by atomic mass is 15.1. The van der Waals surface area contributed by atoms with E-state index in [2.05, 4.69) is 56.0 Å². The zero-order valence-electron chi connectivity index (χ0n) is 12.7. The van der Waals surface area contributed by atoms with E-state index in [1.165, 1.54) is 22.3 Å². The van der Waals surface area contributed by atoms with Gasteiger partial charge < -0.3 is 5.73 Å². The van der Waals surface area contributed by atoms with Crippen LogP contribution in [0.15, 0.2) is 42.5 Å². The van der Waals surface area contributed by atoms with Gasteiger partial charge in [-0.1, -0.05) is 37.3 Å². The first-order chi connectivity index (χ1) is 9.58. The molecule has 2 aromatic rings. The molecule has 0 aliphatic carbocycles. The van der Waals surface area contributed by atoms with Gasteiger partial charge in [0.05, 0.1) is 0 Å². The molecular formula is C18H24N2. The number of anilines is 1. The van der Waals surface area contributed by atoms with Gasteiger partial charge in [-0.25, -0.2) is 0 Å². The van der Waals surface area contributed by atoms with Crippen molar-refractivity contribution >= 4 is 5.69 Å². The van der Waals surface area contributed by atoms with Crippen LogP contribution in [-0.4, -0.2) is 11.4 Å². The van der Waals surface area contributed by atoms with Crippen molar-refractivity contribution in [3.8, 4) is 0 Å². The highest BCUT2D eigenvalue weighted by Crippen LogP contribution is 2.14. The lowest BCUT2D eigenvalue weighted by Crippen LogP contribution is -2.22. The van der Waals surface area contributed by atoms with E-state index in [0.29, 0.717) is 0 Å². The minimum atomic E-state index is 0.825. The minimum Gasteiger partial charge on any atom is -0.399 e. The number of rotatable bonds is 5. The molecule has 2 aromatic carbocycles. The Balaban J connectivity index is 2.04. The van der Waals surface area contributed by atoms with Crippen molar-refractivity contribution in [1.82, 2.24) is 4.90 Å². The molecule has 0 fully saturated rings. The second-order valence-corrected chi connectivity index (χ2v) is 5.46. The number of hydrogen-bond acceptors (Lipinski definition) is 2. The Morgan fingerprint density at radius 3 is 2.05 bits per heavy atom. The molecule has 0 amide bonds. The Morgan fingerprint density at radius 1 is 0.850 bits per heavy atom. The molecule has 0 heterocycles. The van der Waals surface area contributed by atoms with Gasteiger partial charge in [0.25, 0.3) is 0 Å². The number of nitrogens with two attached hydrogens (primary N) is 1. The molecule has 0 saturated heterocycles. The Labute approximate surface area is 122 Å². The second-order valence-electron chi connectivity index (χ2n) is 5.46. The van der Waals surface area contributed by atoms with Crippen molar-refractivity contribution in [1.29, 1.82) is 0 Å². The Morgan fingerprint density at radius 2 is 1.45 bits per heavy atom. The fourth-order valence-corrected chi connectivity index (χ4v) is 2.32. The van der Waals surface area contributed by atoms with E-state index in [9.17, 15) is 0 Å². The van der Waals surface area contributed by atoms with Gasteiger partial charge in [0, 0.05) is 18.8 Å². The first-order valence-electron chi connectivity index (χ1n) is 7.21. The predicted octanol–water partition coefficient (Wildman–Crippen LogP) is 3.91. The normalized spacial score (nSPS) is 11.0. The number of benzene rings is 2. The predicted molar refractivity (Wildman–Crippen MR) is 86.6 cm³/mol. The van der Waals surface area contributed by atoms with Gasteiger partial charge >= 0.3 is 0 Å². The monoisotopic (exact) mass is 268 g/mol.